The lowest BCUT2D eigenvalue weighted by molar-refractivity contribution is -0.142. The van der Waals surface area contributed by atoms with Crippen molar-refractivity contribution in [2.24, 2.45) is 11.7 Å². The molecule has 3 rings (SSSR count). The van der Waals surface area contributed by atoms with E-state index < -0.39 is 151 Å². The first-order valence-corrected chi connectivity index (χ1v) is 26.3. The Hall–Kier alpha value is -7.79. The molecular weight excluding hydrogens is 1080 g/mol. The Kier molecular flexibility index (Phi) is 27.4. The van der Waals surface area contributed by atoms with Crippen LogP contribution in [0.4, 0.5) is 0 Å². The predicted octanol–water partition coefficient (Wildman–Crippen LogP) is -3.42. The fourth-order valence-electron chi connectivity index (χ4n) is 7.51. The Morgan fingerprint density at radius 3 is 1.30 bits per heavy atom. The van der Waals surface area contributed by atoms with Gasteiger partial charge in [-0.3, -0.25) is 47.9 Å². The van der Waals surface area contributed by atoms with Crippen molar-refractivity contribution in [3.8, 4) is 5.75 Å². The Morgan fingerprint density at radius 2 is 0.850 bits per heavy atom. The topological polar surface area (TPSA) is 423 Å². The molecular formula is C52H70N10O16S2. The van der Waals surface area contributed by atoms with Crippen molar-refractivity contribution in [3.63, 3.8) is 0 Å². The number of phenolic OH excluding ortho intramolecular Hbond substituents is 1. The van der Waals surface area contributed by atoms with E-state index in [0.29, 0.717) is 16.7 Å². The van der Waals surface area contributed by atoms with Crippen LogP contribution in [0.2, 0.25) is 0 Å². The smallest absolute Gasteiger partial charge is 0.327 e. The average Bonchev–Trinajstić information content (AvgIpc) is 3.43. The highest BCUT2D eigenvalue weighted by Crippen LogP contribution is 2.14. The van der Waals surface area contributed by atoms with Crippen molar-refractivity contribution < 1.29 is 78.3 Å². The summed E-state index contributed by atoms with van der Waals surface area (Å²) in [6, 6.07) is 6.51. The van der Waals surface area contributed by atoms with E-state index in [0.717, 1.165) is 6.92 Å². The summed E-state index contributed by atoms with van der Waals surface area (Å²) in [5.41, 5.74) is 7.24. The van der Waals surface area contributed by atoms with Gasteiger partial charge in [0.15, 0.2) is 0 Å². The number of benzene rings is 3. The van der Waals surface area contributed by atoms with Gasteiger partial charge in [-0.05, 0) is 48.6 Å². The SMILES string of the molecule is CC(C)[C@H](NC(=O)[C@@H](N)CS)C(=O)N[C@@H](Cc1ccccc1)C(=O)N[C@H](C(=O)N[C@@H](CO)C(=O)N[C@@H](CC(=O)O)C(=O)N[C@@H](Cc1ccc(O)cc1)C(=O)N[C@@H](C)C(=O)N[C@@H](Cc1ccccc1)C(=O)N[C@@H](CS)C(=O)O)[C@@H](C)O. The number of aliphatic hydroxyl groups is 2. The van der Waals surface area contributed by atoms with Gasteiger partial charge >= 0.3 is 11.9 Å². The van der Waals surface area contributed by atoms with E-state index in [1.165, 1.54) is 31.2 Å². The summed E-state index contributed by atoms with van der Waals surface area (Å²) in [5.74, 6) is -13.3. The molecule has 0 fully saturated rings. The molecule has 0 radical (unpaired) electrons. The number of phenols is 1. The molecule has 26 nitrogen and oxygen atoms in total. The monoisotopic (exact) mass is 1150 g/mol. The number of rotatable bonds is 32. The number of nitrogens with one attached hydrogen (secondary N) is 9. The lowest BCUT2D eigenvalue weighted by atomic mass is 10.00. The van der Waals surface area contributed by atoms with Crippen molar-refractivity contribution in [2.75, 3.05) is 18.1 Å². The Balaban J connectivity index is 1.85. The van der Waals surface area contributed by atoms with Crippen molar-refractivity contribution in [3.05, 3.63) is 102 Å². The first kappa shape index (κ1) is 66.5. The second-order valence-corrected chi connectivity index (χ2v) is 19.6. The largest absolute Gasteiger partial charge is 0.508 e. The molecule has 16 N–H and O–H groups in total. The van der Waals surface area contributed by atoms with Crippen LogP contribution in [0.3, 0.4) is 0 Å². The van der Waals surface area contributed by atoms with Crippen LogP contribution in [-0.4, -0.2) is 175 Å². The summed E-state index contributed by atoms with van der Waals surface area (Å²) in [6.07, 6.45) is -3.48. The summed E-state index contributed by atoms with van der Waals surface area (Å²) < 4.78 is 0. The van der Waals surface area contributed by atoms with Crippen molar-refractivity contribution >= 4 is 90.4 Å². The highest BCUT2D eigenvalue weighted by atomic mass is 32.1. The second-order valence-electron chi connectivity index (χ2n) is 18.9. The zero-order chi connectivity index (χ0) is 59.8. The molecule has 9 amide bonds. The van der Waals surface area contributed by atoms with Gasteiger partial charge in [-0.15, -0.1) is 0 Å². The number of thiol groups is 2. The van der Waals surface area contributed by atoms with Gasteiger partial charge in [-0.1, -0.05) is 86.6 Å². The Labute approximate surface area is 471 Å². The quantitative estimate of drug-likeness (QED) is 0.0271. The summed E-state index contributed by atoms with van der Waals surface area (Å²) >= 11 is 7.99. The van der Waals surface area contributed by atoms with Gasteiger partial charge < -0.3 is 79.1 Å². The zero-order valence-electron chi connectivity index (χ0n) is 44.2. The minimum atomic E-state index is -2.03. The molecule has 0 bridgehead atoms. The molecule has 11 atom stereocenters. The lowest BCUT2D eigenvalue weighted by Gasteiger charge is -2.29. The minimum absolute atomic E-state index is 0.0341. The standard InChI is InChI=1S/C52H70N10O16S2/c1-26(2)41(61-44(69)33(53)24-79)50(75)58-36(20-30-13-9-6-10-14-30)48(73)62-42(28(4)64)51(76)59-38(23-63)49(74)57-37(22-40(66)67)47(72)56-34(21-31-15-17-32(65)18-16-31)45(70)54-27(3)43(68)55-35(19-29-11-7-5-8-12-29)46(71)60-39(25-80)52(77)78/h5-18,26-28,33-39,41-42,63-65,79-80H,19-25,53H2,1-4H3,(H,54,70)(H,55,68)(H,56,72)(H,57,74)(H,58,75)(H,59,76)(H,60,71)(H,61,69)(H,62,73)(H,66,67)(H,77,78)/t27-,28+,33-,34-,35-,36-,37-,38-,39-,41-,42-/m0/s1. The van der Waals surface area contributed by atoms with E-state index in [-0.39, 0.29) is 36.5 Å². The maximum atomic E-state index is 14.0. The predicted molar refractivity (Wildman–Crippen MR) is 294 cm³/mol. The first-order valence-electron chi connectivity index (χ1n) is 25.1. The summed E-state index contributed by atoms with van der Waals surface area (Å²) in [6.45, 7) is 4.41. The Bertz CT molecular complexity index is 2620. The zero-order valence-corrected chi connectivity index (χ0v) is 45.9. The minimum Gasteiger partial charge on any atom is -0.508 e. The molecule has 0 heterocycles. The average molecular weight is 1160 g/mol. The van der Waals surface area contributed by atoms with Crippen LogP contribution in [0, 0.1) is 5.92 Å². The van der Waals surface area contributed by atoms with Crippen LogP contribution < -0.4 is 53.6 Å². The molecule has 0 aromatic heterocycles. The molecule has 3 aromatic rings. The van der Waals surface area contributed by atoms with Gasteiger partial charge in [-0.2, -0.15) is 25.3 Å². The van der Waals surface area contributed by atoms with Crippen LogP contribution in [0.5, 0.6) is 5.75 Å². The third kappa shape index (κ3) is 21.8. The number of aliphatic hydroxyl groups excluding tert-OH is 2. The van der Waals surface area contributed by atoms with Crippen LogP contribution in [0.1, 0.15) is 50.8 Å². The van der Waals surface area contributed by atoms with E-state index in [1.807, 2.05) is 0 Å². The number of hydrogen-bond acceptors (Lipinski definition) is 17. The molecule has 0 unspecified atom stereocenters. The molecule has 28 heteroatoms. The van der Waals surface area contributed by atoms with E-state index in [9.17, 15) is 78.3 Å². The van der Waals surface area contributed by atoms with Gasteiger partial charge in [0.25, 0.3) is 0 Å². The highest BCUT2D eigenvalue weighted by molar-refractivity contribution is 7.80. The van der Waals surface area contributed by atoms with E-state index >= 15 is 0 Å². The third-order valence-corrected chi connectivity index (χ3v) is 12.8. The van der Waals surface area contributed by atoms with Crippen molar-refractivity contribution in [1.82, 2.24) is 47.9 Å². The summed E-state index contributed by atoms with van der Waals surface area (Å²) in [4.78, 5) is 146. The maximum absolute atomic E-state index is 14.0. The number of hydrogen-bond donors (Lipinski definition) is 17. The van der Waals surface area contributed by atoms with Crippen molar-refractivity contribution in [1.29, 1.82) is 0 Å². The fraction of sp³-hybridized carbons (Fsp3) is 0.442. The summed E-state index contributed by atoms with van der Waals surface area (Å²) in [5, 5.41) is 71.6. The Morgan fingerprint density at radius 1 is 0.463 bits per heavy atom. The van der Waals surface area contributed by atoms with Crippen LogP contribution >= 0.6 is 25.3 Å². The third-order valence-electron chi connectivity index (χ3n) is 12.1. The summed E-state index contributed by atoms with van der Waals surface area (Å²) in [7, 11) is 0. The number of carbonyl (C=O) groups excluding carboxylic acids is 9. The lowest BCUT2D eigenvalue weighted by Crippen LogP contribution is -2.63. The molecule has 436 valence electrons. The van der Waals surface area contributed by atoms with E-state index in [1.54, 1.807) is 74.5 Å². The van der Waals surface area contributed by atoms with E-state index in [2.05, 4.69) is 73.1 Å². The van der Waals surface area contributed by atoms with Crippen LogP contribution in [0.15, 0.2) is 84.9 Å². The second kappa shape index (κ2) is 33.0. The van der Waals surface area contributed by atoms with Gasteiger partial charge in [0, 0.05) is 30.8 Å². The number of carboxylic acid groups (broad SMARTS) is 2. The van der Waals surface area contributed by atoms with Gasteiger partial charge in [0.2, 0.25) is 53.2 Å². The number of carbonyl (C=O) groups is 11. The molecule has 0 aliphatic heterocycles. The van der Waals surface area contributed by atoms with Crippen LogP contribution in [-0.2, 0) is 72.0 Å². The molecule has 0 spiro atoms. The normalized spacial score (nSPS) is 15.2. The van der Waals surface area contributed by atoms with Gasteiger partial charge in [-0.25, -0.2) is 4.79 Å². The highest BCUT2D eigenvalue weighted by Gasteiger charge is 2.37. The van der Waals surface area contributed by atoms with Gasteiger partial charge in [0.05, 0.1) is 25.2 Å². The number of carboxylic acids is 2. The number of amides is 9. The molecule has 0 saturated heterocycles. The molecule has 3 aromatic carbocycles. The molecule has 0 aliphatic rings. The number of nitrogens with two attached hydrogens (primary N) is 1. The first-order chi connectivity index (χ1) is 37.8. The fourth-order valence-corrected chi connectivity index (χ4v) is 7.93. The maximum Gasteiger partial charge on any atom is 0.327 e. The number of aliphatic carboxylic acids is 2. The van der Waals surface area contributed by atoms with Crippen LogP contribution in [0.25, 0.3) is 0 Å². The molecule has 80 heavy (non-hydrogen) atoms. The van der Waals surface area contributed by atoms with Gasteiger partial charge in [0.1, 0.15) is 60.1 Å². The van der Waals surface area contributed by atoms with E-state index in [4.69, 9.17) is 5.73 Å². The molecule has 0 aliphatic carbocycles. The van der Waals surface area contributed by atoms with Crippen molar-refractivity contribution in [2.45, 2.75) is 120 Å². The number of aromatic hydroxyl groups is 1. The molecule has 0 saturated carbocycles.